The molecule has 2 aromatic carbocycles. The van der Waals surface area contributed by atoms with E-state index in [1.165, 1.54) is 16.0 Å². The Bertz CT molecular complexity index is 1440. The van der Waals surface area contributed by atoms with Crippen LogP contribution in [0.3, 0.4) is 0 Å². The molecule has 6 rings (SSSR count). The summed E-state index contributed by atoms with van der Waals surface area (Å²) < 4.78 is 5.26. The Balaban J connectivity index is 1.24. The fourth-order valence-electron chi connectivity index (χ4n) is 4.69. The summed E-state index contributed by atoms with van der Waals surface area (Å²) in [5.74, 6) is 1.51. The Morgan fingerprint density at radius 1 is 1.15 bits per heavy atom. The van der Waals surface area contributed by atoms with Gasteiger partial charge in [-0.3, -0.25) is 9.79 Å². The maximum absolute atomic E-state index is 13.0. The monoisotopic (exact) mass is 469 g/mol. The van der Waals surface area contributed by atoms with E-state index in [-0.39, 0.29) is 11.8 Å². The van der Waals surface area contributed by atoms with Gasteiger partial charge >= 0.3 is 0 Å². The third-order valence-electron chi connectivity index (χ3n) is 6.45. The van der Waals surface area contributed by atoms with Gasteiger partial charge in [-0.25, -0.2) is 9.97 Å². The van der Waals surface area contributed by atoms with E-state index in [4.69, 9.17) is 4.74 Å². The van der Waals surface area contributed by atoms with E-state index < -0.39 is 0 Å². The van der Waals surface area contributed by atoms with Crippen LogP contribution in [0.5, 0.6) is 5.75 Å². The first kappa shape index (κ1) is 20.8. The molecule has 2 aromatic heterocycles. The van der Waals surface area contributed by atoms with Gasteiger partial charge in [-0.05, 0) is 60.2 Å². The van der Waals surface area contributed by atoms with Gasteiger partial charge < -0.3 is 15.4 Å². The molecule has 1 aliphatic heterocycles. The van der Waals surface area contributed by atoms with Crippen LogP contribution in [-0.2, 0) is 24.2 Å². The van der Waals surface area contributed by atoms with Gasteiger partial charge in [0, 0.05) is 34.5 Å². The minimum absolute atomic E-state index is 0.0422. The number of amides is 1. The van der Waals surface area contributed by atoms with E-state index in [9.17, 15) is 4.79 Å². The molecule has 0 saturated carbocycles. The summed E-state index contributed by atoms with van der Waals surface area (Å²) in [6.07, 6.45) is 5.84. The quantitative estimate of drug-likeness (QED) is 0.424. The van der Waals surface area contributed by atoms with E-state index in [0.717, 1.165) is 58.1 Å². The number of methoxy groups -OCH3 is 1. The van der Waals surface area contributed by atoms with Crippen molar-refractivity contribution in [2.75, 3.05) is 17.7 Å². The molecule has 0 fully saturated rings. The predicted octanol–water partition coefficient (Wildman–Crippen LogP) is 5.12. The summed E-state index contributed by atoms with van der Waals surface area (Å²) >= 11 is 1.67. The maximum Gasteiger partial charge on any atom is 0.227 e. The Labute approximate surface area is 200 Å². The largest absolute Gasteiger partial charge is 0.497 e. The highest BCUT2D eigenvalue weighted by Gasteiger charge is 2.29. The van der Waals surface area contributed by atoms with Crippen LogP contribution in [0, 0.1) is 5.92 Å². The van der Waals surface area contributed by atoms with Gasteiger partial charge in [-0.1, -0.05) is 12.1 Å². The van der Waals surface area contributed by atoms with Gasteiger partial charge in [0.15, 0.2) is 0 Å². The molecule has 0 saturated heterocycles. The number of anilines is 3. The molecule has 34 heavy (non-hydrogen) atoms. The van der Waals surface area contributed by atoms with E-state index >= 15 is 0 Å². The van der Waals surface area contributed by atoms with Crippen molar-refractivity contribution in [3.05, 3.63) is 70.4 Å². The van der Waals surface area contributed by atoms with E-state index in [2.05, 4.69) is 43.8 Å². The molecule has 0 radical (unpaired) electrons. The number of aliphatic imine (C=N–C) groups is 1. The summed E-state index contributed by atoms with van der Waals surface area (Å²) in [5.41, 5.74) is 5.38. The molecule has 2 aliphatic rings. The smallest absolute Gasteiger partial charge is 0.227 e. The molecular weight excluding hydrogens is 446 g/mol. The predicted molar refractivity (Wildman–Crippen MR) is 136 cm³/mol. The number of rotatable bonds is 5. The number of nitrogens with one attached hydrogen (secondary N) is 2. The number of hydrogen-bond acceptors (Lipinski definition) is 7. The summed E-state index contributed by atoms with van der Waals surface area (Å²) in [5, 5.41) is 7.62. The van der Waals surface area contributed by atoms with Crippen molar-refractivity contribution in [2.24, 2.45) is 10.9 Å². The first-order chi connectivity index (χ1) is 16.7. The van der Waals surface area contributed by atoms with Crippen LogP contribution in [0.15, 0.2) is 53.8 Å². The second-order valence-electron chi connectivity index (χ2n) is 8.58. The van der Waals surface area contributed by atoms with E-state index in [0.29, 0.717) is 6.42 Å². The van der Waals surface area contributed by atoms with E-state index in [1.807, 2.05) is 30.5 Å². The van der Waals surface area contributed by atoms with Crippen molar-refractivity contribution in [1.29, 1.82) is 0 Å². The Kier molecular flexibility index (Phi) is 5.22. The lowest BCUT2D eigenvalue weighted by atomic mass is 9.87. The first-order valence-corrected chi connectivity index (χ1v) is 12.1. The number of aryl methyl sites for hydroxylation is 1. The van der Waals surface area contributed by atoms with Crippen LogP contribution < -0.4 is 15.4 Å². The van der Waals surface area contributed by atoms with Crippen molar-refractivity contribution in [3.63, 3.8) is 0 Å². The Morgan fingerprint density at radius 3 is 3.00 bits per heavy atom. The molecule has 1 atom stereocenters. The zero-order valence-electron chi connectivity index (χ0n) is 18.7. The SMILES string of the molecule is COc1cccc(NC(=O)C2CCc3c(sc4ncnc(Nc5ccc6c(c5)C=NC6)c34)C2)c1. The van der Waals surface area contributed by atoms with E-state index in [1.54, 1.807) is 24.8 Å². The molecule has 1 unspecified atom stereocenters. The number of carbonyl (C=O) groups is 1. The average Bonchev–Trinajstić information content (AvgIpc) is 3.48. The second kappa shape index (κ2) is 8.53. The topological polar surface area (TPSA) is 88.5 Å². The average molecular weight is 470 g/mol. The molecule has 0 spiro atoms. The van der Waals surface area contributed by atoms with Crippen LogP contribution in [-0.4, -0.2) is 29.2 Å². The number of benzene rings is 2. The zero-order valence-corrected chi connectivity index (χ0v) is 19.5. The highest BCUT2D eigenvalue weighted by Crippen LogP contribution is 2.40. The van der Waals surface area contributed by atoms with Crippen LogP contribution in [0.4, 0.5) is 17.2 Å². The van der Waals surface area contributed by atoms with Crippen molar-refractivity contribution < 1.29 is 9.53 Å². The lowest BCUT2D eigenvalue weighted by Crippen LogP contribution is -2.27. The van der Waals surface area contributed by atoms with Gasteiger partial charge in [-0.2, -0.15) is 0 Å². The first-order valence-electron chi connectivity index (χ1n) is 11.3. The van der Waals surface area contributed by atoms with Crippen molar-refractivity contribution in [3.8, 4) is 5.75 Å². The standard InChI is InChI=1S/C26H23N5O2S/c1-33-20-4-2-3-18(11-20)31-25(32)15-6-8-21-22(10-15)34-26-23(21)24(28-14-29-26)30-19-7-5-16-12-27-13-17(16)9-19/h2-5,7,9,11,13-15H,6,8,10,12H2,1H3,(H,31,32)(H,28,29,30). The van der Waals surface area contributed by atoms with Crippen molar-refractivity contribution in [1.82, 2.24) is 9.97 Å². The number of fused-ring (bicyclic) bond motifs is 4. The van der Waals surface area contributed by atoms with Gasteiger partial charge in [0.05, 0.1) is 19.0 Å². The van der Waals surface area contributed by atoms with Gasteiger partial charge in [0.2, 0.25) is 5.91 Å². The van der Waals surface area contributed by atoms with Crippen LogP contribution in [0.25, 0.3) is 10.2 Å². The summed E-state index contributed by atoms with van der Waals surface area (Å²) in [7, 11) is 1.62. The highest BCUT2D eigenvalue weighted by atomic mass is 32.1. The summed E-state index contributed by atoms with van der Waals surface area (Å²) in [4.78, 5) is 28.6. The van der Waals surface area contributed by atoms with Crippen LogP contribution in [0.2, 0.25) is 0 Å². The molecule has 170 valence electrons. The lowest BCUT2D eigenvalue weighted by Gasteiger charge is -2.22. The molecular formula is C26H23N5O2S. The van der Waals surface area contributed by atoms with Crippen LogP contribution in [0.1, 0.15) is 28.0 Å². The molecule has 4 aromatic rings. The normalized spacial score (nSPS) is 16.2. The van der Waals surface area contributed by atoms with Gasteiger partial charge in [0.1, 0.15) is 22.7 Å². The number of aromatic nitrogens is 2. The number of nitrogens with zero attached hydrogens (tertiary/aromatic N) is 3. The number of thiophene rings is 1. The Hall–Kier alpha value is -3.78. The molecule has 1 aliphatic carbocycles. The van der Waals surface area contributed by atoms with Gasteiger partial charge in [0.25, 0.3) is 0 Å². The summed E-state index contributed by atoms with van der Waals surface area (Å²) in [6, 6.07) is 13.7. The molecule has 7 nitrogen and oxygen atoms in total. The number of hydrogen-bond donors (Lipinski definition) is 2. The highest BCUT2D eigenvalue weighted by molar-refractivity contribution is 7.19. The molecule has 0 bridgehead atoms. The molecule has 2 N–H and O–H groups in total. The summed E-state index contributed by atoms with van der Waals surface area (Å²) in [6.45, 7) is 0.748. The van der Waals surface area contributed by atoms with Crippen molar-refractivity contribution in [2.45, 2.75) is 25.8 Å². The molecule has 3 heterocycles. The maximum atomic E-state index is 13.0. The third kappa shape index (κ3) is 3.80. The number of ether oxygens (including phenoxy) is 1. The minimum Gasteiger partial charge on any atom is -0.497 e. The molecule has 1 amide bonds. The third-order valence-corrected chi connectivity index (χ3v) is 7.62. The number of carbonyl (C=O) groups excluding carboxylic acids is 1. The lowest BCUT2D eigenvalue weighted by molar-refractivity contribution is -0.120. The fraction of sp³-hybridized carbons (Fsp3) is 0.231. The minimum atomic E-state index is -0.0767. The zero-order chi connectivity index (χ0) is 23.1. The van der Waals surface area contributed by atoms with Gasteiger partial charge in [-0.15, -0.1) is 11.3 Å². The van der Waals surface area contributed by atoms with Crippen molar-refractivity contribution >= 4 is 50.9 Å². The molecule has 8 heteroatoms. The van der Waals surface area contributed by atoms with Crippen LogP contribution >= 0.6 is 11.3 Å². The fourth-order valence-corrected chi connectivity index (χ4v) is 5.96. The Morgan fingerprint density at radius 2 is 2.09 bits per heavy atom. The second-order valence-corrected chi connectivity index (χ2v) is 9.66.